The number of rotatable bonds is 2. The molecule has 6 heteroatoms. The molecule has 0 saturated heterocycles. The van der Waals surface area contributed by atoms with Gasteiger partial charge in [0.25, 0.3) is 5.91 Å². The number of hydrogen-bond donors (Lipinski definition) is 1. The molecule has 0 unspecified atom stereocenters. The van der Waals surface area contributed by atoms with Gasteiger partial charge in [-0.25, -0.2) is 4.98 Å². The molecule has 0 spiro atoms. The van der Waals surface area contributed by atoms with Crippen molar-refractivity contribution in [1.82, 2.24) is 9.38 Å². The summed E-state index contributed by atoms with van der Waals surface area (Å²) >= 11 is 5.58. The number of carbonyl (C=O) groups excluding carboxylic acids is 1. The highest BCUT2D eigenvalue weighted by Gasteiger charge is 2.08. The maximum atomic E-state index is 12.1. The minimum atomic E-state index is -0.171. The summed E-state index contributed by atoms with van der Waals surface area (Å²) < 4.78 is 3.94. The smallest absolute Gasteiger partial charge is 0.256 e. The number of halogens is 2. The quantitative estimate of drug-likeness (QED) is 0.612. The fraction of sp³-hybridized carbons (Fsp3) is 0. The first-order valence-electron chi connectivity index (χ1n) is 5.83. The van der Waals surface area contributed by atoms with E-state index in [2.05, 4.69) is 48.8 Å². The lowest BCUT2D eigenvalue weighted by Crippen LogP contribution is -2.11. The van der Waals surface area contributed by atoms with E-state index in [9.17, 15) is 4.79 Å². The van der Waals surface area contributed by atoms with Gasteiger partial charge in [-0.1, -0.05) is 15.9 Å². The van der Waals surface area contributed by atoms with Crippen LogP contribution in [0.5, 0.6) is 0 Å². The molecule has 1 amide bonds. The second-order valence-corrected chi connectivity index (χ2v) is 6.36. The zero-order valence-corrected chi connectivity index (χ0v) is 13.9. The lowest BCUT2D eigenvalue weighted by atomic mass is 10.2. The zero-order chi connectivity index (χ0) is 14.1. The number of imidazole rings is 1. The lowest BCUT2D eigenvalue weighted by Gasteiger charge is -2.01. The van der Waals surface area contributed by atoms with E-state index in [1.807, 2.05) is 34.9 Å². The normalized spacial score (nSPS) is 10.7. The van der Waals surface area contributed by atoms with Crippen LogP contribution in [-0.4, -0.2) is 15.3 Å². The van der Waals surface area contributed by atoms with Crippen LogP contribution >= 0.6 is 38.5 Å². The highest BCUT2D eigenvalue weighted by molar-refractivity contribution is 14.1. The number of nitrogens with zero attached hydrogens (tertiary/aromatic N) is 2. The number of anilines is 1. The Morgan fingerprint density at radius 1 is 1.15 bits per heavy atom. The first-order valence-corrected chi connectivity index (χ1v) is 7.70. The molecule has 4 nitrogen and oxygen atoms in total. The average molecular weight is 442 g/mol. The highest BCUT2D eigenvalue weighted by Crippen LogP contribution is 2.15. The Hall–Kier alpha value is -1.41. The number of carbonyl (C=O) groups is 1. The van der Waals surface area contributed by atoms with Crippen LogP contribution in [0.25, 0.3) is 5.65 Å². The summed E-state index contributed by atoms with van der Waals surface area (Å²) in [6.07, 6.45) is 3.76. The molecule has 1 N–H and O–H groups in total. The topological polar surface area (TPSA) is 46.4 Å². The van der Waals surface area contributed by atoms with E-state index in [1.165, 1.54) is 0 Å². The van der Waals surface area contributed by atoms with Gasteiger partial charge < -0.3 is 9.72 Å². The van der Waals surface area contributed by atoms with Crippen LogP contribution in [0.4, 0.5) is 5.82 Å². The Balaban J connectivity index is 1.85. The molecule has 0 fully saturated rings. The molecule has 0 aliphatic carbocycles. The van der Waals surface area contributed by atoms with E-state index in [-0.39, 0.29) is 5.91 Å². The number of hydrogen-bond acceptors (Lipinski definition) is 2. The van der Waals surface area contributed by atoms with Crippen LogP contribution in [0.3, 0.4) is 0 Å². The number of fused-ring (bicyclic) bond motifs is 1. The van der Waals surface area contributed by atoms with Crippen molar-refractivity contribution >= 4 is 55.9 Å². The van der Waals surface area contributed by atoms with E-state index in [4.69, 9.17) is 0 Å². The number of pyridine rings is 1. The van der Waals surface area contributed by atoms with Gasteiger partial charge in [-0.2, -0.15) is 0 Å². The highest BCUT2D eigenvalue weighted by atomic mass is 127. The Morgan fingerprint density at radius 3 is 2.65 bits per heavy atom. The van der Waals surface area contributed by atoms with Gasteiger partial charge in [-0.15, -0.1) is 0 Å². The molecule has 20 heavy (non-hydrogen) atoms. The molecular weight excluding hydrogens is 433 g/mol. The Bertz CT molecular complexity index is 783. The molecule has 0 aliphatic rings. The van der Waals surface area contributed by atoms with E-state index in [0.717, 1.165) is 13.7 Å². The van der Waals surface area contributed by atoms with Crippen LogP contribution in [0.2, 0.25) is 0 Å². The van der Waals surface area contributed by atoms with Gasteiger partial charge in [0.2, 0.25) is 0 Å². The summed E-state index contributed by atoms with van der Waals surface area (Å²) in [6, 6.07) is 11.1. The van der Waals surface area contributed by atoms with E-state index in [0.29, 0.717) is 11.4 Å². The third-order valence-corrected chi connectivity index (χ3v) is 3.93. The summed E-state index contributed by atoms with van der Waals surface area (Å²) in [4.78, 5) is 16.4. The number of aromatic nitrogens is 2. The minimum Gasteiger partial charge on any atom is -0.305 e. The molecule has 0 bridgehead atoms. The Morgan fingerprint density at radius 2 is 1.90 bits per heavy atom. The van der Waals surface area contributed by atoms with Crippen molar-refractivity contribution in [2.45, 2.75) is 0 Å². The molecule has 1 aromatic carbocycles. The maximum Gasteiger partial charge on any atom is 0.256 e. The molecule has 0 atom stereocenters. The summed E-state index contributed by atoms with van der Waals surface area (Å²) in [7, 11) is 0. The van der Waals surface area contributed by atoms with Crippen molar-refractivity contribution in [2.75, 3.05) is 5.32 Å². The van der Waals surface area contributed by atoms with Crippen molar-refractivity contribution in [1.29, 1.82) is 0 Å². The van der Waals surface area contributed by atoms with Crippen molar-refractivity contribution < 1.29 is 4.79 Å². The second-order valence-electron chi connectivity index (χ2n) is 4.20. The molecule has 2 aromatic heterocycles. The van der Waals surface area contributed by atoms with Gasteiger partial charge in [-0.3, -0.25) is 4.79 Å². The molecule has 3 rings (SSSR count). The Labute approximate surface area is 137 Å². The second kappa shape index (κ2) is 5.53. The minimum absolute atomic E-state index is 0.171. The van der Waals surface area contributed by atoms with Crippen molar-refractivity contribution in [3.63, 3.8) is 0 Å². The van der Waals surface area contributed by atoms with Crippen LogP contribution in [0.1, 0.15) is 10.4 Å². The van der Waals surface area contributed by atoms with Gasteiger partial charge in [0.1, 0.15) is 5.65 Å². The molecular formula is C14H9BrIN3O. The van der Waals surface area contributed by atoms with Crippen LogP contribution < -0.4 is 5.32 Å². The number of nitrogens with one attached hydrogen (secondary N) is 1. The fourth-order valence-electron chi connectivity index (χ4n) is 1.81. The Kier molecular flexibility index (Phi) is 3.75. The van der Waals surface area contributed by atoms with Gasteiger partial charge in [0, 0.05) is 19.8 Å². The van der Waals surface area contributed by atoms with E-state index >= 15 is 0 Å². The van der Waals surface area contributed by atoms with Gasteiger partial charge in [0.15, 0.2) is 5.82 Å². The average Bonchev–Trinajstić information content (AvgIpc) is 2.80. The summed E-state index contributed by atoms with van der Waals surface area (Å²) in [6.45, 7) is 0. The van der Waals surface area contributed by atoms with E-state index in [1.54, 1.807) is 18.3 Å². The predicted molar refractivity (Wildman–Crippen MR) is 90.0 cm³/mol. The van der Waals surface area contributed by atoms with Gasteiger partial charge in [-0.05, 0) is 59.0 Å². The summed E-state index contributed by atoms with van der Waals surface area (Å²) in [5, 5.41) is 2.80. The maximum absolute atomic E-state index is 12.1. The van der Waals surface area contributed by atoms with Crippen LogP contribution in [0, 0.1) is 3.57 Å². The van der Waals surface area contributed by atoms with Gasteiger partial charge >= 0.3 is 0 Å². The van der Waals surface area contributed by atoms with Crippen LogP contribution in [0.15, 0.2) is 53.3 Å². The molecule has 100 valence electrons. The fourth-order valence-corrected chi connectivity index (χ4v) is 2.56. The number of benzene rings is 1. The van der Waals surface area contributed by atoms with E-state index < -0.39 is 0 Å². The largest absolute Gasteiger partial charge is 0.305 e. The zero-order valence-electron chi connectivity index (χ0n) is 10.2. The monoisotopic (exact) mass is 441 g/mol. The first kappa shape index (κ1) is 13.6. The SMILES string of the molecule is O=C(Nc1cn2cc(I)ccc2n1)c1ccc(Br)cc1. The third-order valence-electron chi connectivity index (χ3n) is 2.76. The molecule has 0 aliphatic heterocycles. The summed E-state index contributed by atoms with van der Waals surface area (Å²) in [5.41, 5.74) is 1.40. The molecule has 0 saturated carbocycles. The molecule has 0 radical (unpaired) electrons. The summed E-state index contributed by atoms with van der Waals surface area (Å²) in [5.74, 6) is 0.371. The van der Waals surface area contributed by atoms with Crippen LogP contribution in [-0.2, 0) is 0 Å². The predicted octanol–water partition coefficient (Wildman–Crippen LogP) is 3.95. The van der Waals surface area contributed by atoms with Crippen molar-refractivity contribution in [3.05, 3.63) is 62.4 Å². The lowest BCUT2D eigenvalue weighted by molar-refractivity contribution is 0.102. The molecule has 2 heterocycles. The standard InChI is InChI=1S/C14H9BrIN3O/c15-10-3-1-9(2-4-10)14(20)18-12-8-19-7-11(16)5-6-13(19)17-12/h1-8H,(H,18,20). The molecule has 3 aromatic rings. The third kappa shape index (κ3) is 2.85. The number of amides is 1. The first-order chi connectivity index (χ1) is 9.61. The van der Waals surface area contributed by atoms with Gasteiger partial charge in [0.05, 0.1) is 6.20 Å². The van der Waals surface area contributed by atoms with Crippen molar-refractivity contribution in [2.24, 2.45) is 0 Å². The van der Waals surface area contributed by atoms with Crippen molar-refractivity contribution in [3.8, 4) is 0 Å².